The normalized spacial score (nSPS) is 18.4. The molecule has 60 heavy (non-hydrogen) atoms. The number of hydrogen-bond donors (Lipinski definition) is 0. The first kappa shape index (κ1) is 47.1. The third-order valence-corrected chi connectivity index (χ3v) is 25.9. The van der Waals surface area contributed by atoms with E-state index in [9.17, 15) is 0 Å². The fourth-order valence-corrected chi connectivity index (χ4v) is 25.2. The van der Waals surface area contributed by atoms with Crippen molar-refractivity contribution in [2.75, 3.05) is 0 Å². The number of allylic oxidation sites excluding steroid dienone is 8. The molecule has 0 aromatic heterocycles. The molecule has 4 aliphatic carbocycles. The molecule has 4 aromatic rings. The Morgan fingerprint density at radius 1 is 0.617 bits per heavy atom. The Morgan fingerprint density at radius 3 is 1.55 bits per heavy atom. The van der Waals surface area contributed by atoms with E-state index in [0.29, 0.717) is 5.92 Å². The van der Waals surface area contributed by atoms with Crippen molar-refractivity contribution < 1.29 is 19.3 Å². The fourth-order valence-electron chi connectivity index (χ4n) is 10.8. The van der Waals surface area contributed by atoms with Gasteiger partial charge in [0.25, 0.3) is 0 Å². The zero-order valence-corrected chi connectivity index (χ0v) is 43.8. The van der Waals surface area contributed by atoms with Gasteiger partial charge in [0.15, 0.2) is 0 Å². The first-order valence-electron chi connectivity index (χ1n) is 21.3. The molecular weight excluding hydrogens is 894 g/mol. The number of rotatable bonds is 4. The minimum absolute atomic E-state index is 0. The van der Waals surface area contributed by atoms with E-state index in [2.05, 4.69) is 195 Å². The van der Waals surface area contributed by atoms with E-state index in [1.54, 1.807) is 6.56 Å². The van der Waals surface area contributed by atoms with Crippen LogP contribution in [0.5, 0.6) is 0 Å². The molecule has 1 unspecified atom stereocenters. The molecule has 4 aromatic carbocycles. The number of benzene rings is 4. The van der Waals surface area contributed by atoms with Gasteiger partial charge in [-0.15, -0.1) is 24.8 Å². The van der Waals surface area contributed by atoms with Crippen LogP contribution in [0.2, 0.25) is 10.0 Å². The van der Waals surface area contributed by atoms with Gasteiger partial charge in [-0.25, -0.2) is 0 Å². The zero-order valence-electron chi connectivity index (χ0n) is 38.2. The summed E-state index contributed by atoms with van der Waals surface area (Å²) < 4.78 is 8.78. The monoisotopic (exact) mass is 954 g/mol. The van der Waals surface area contributed by atoms with Gasteiger partial charge in [-0.05, 0) is 0 Å². The van der Waals surface area contributed by atoms with Crippen LogP contribution in [0.1, 0.15) is 141 Å². The summed E-state index contributed by atoms with van der Waals surface area (Å²) in [6, 6.07) is 27.6. The molecule has 0 nitrogen and oxygen atoms in total. The zero-order chi connectivity index (χ0) is 42.1. The molecule has 0 bridgehead atoms. The van der Waals surface area contributed by atoms with E-state index in [1.807, 2.05) is 0 Å². The fraction of sp³-hybridized carbons (Fsp3) is 0.382. The molecule has 8 rings (SSSR count). The Bertz CT molecular complexity index is 2600. The largest absolute Gasteiger partial charge is 0.147 e. The first-order chi connectivity index (χ1) is 26.8. The predicted octanol–water partition coefficient (Wildman–Crippen LogP) is 16.5. The van der Waals surface area contributed by atoms with E-state index in [0.717, 1.165) is 16.5 Å². The van der Waals surface area contributed by atoms with Crippen molar-refractivity contribution in [2.45, 2.75) is 114 Å². The Morgan fingerprint density at radius 2 is 1.10 bits per heavy atom. The first-order valence-corrected chi connectivity index (χ1v) is 27.4. The van der Waals surface area contributed by atoms with E-state index in [-0.39, 0.29) is 51.9 Å². The SMILES string of the molecule is CC1C=C(C(C)(C)C)C=[C]1[Zr](=[CH]c1ccc(Cl)cc1)(=[CH]c1ccc(Cl)cc1)[C]1=C(C(C)(C)C)c2cc3c(cc2C1(C)C)Cc1cc2c(cc1-3)C(C(C)(C)C)=CC2(C)C.Cl.Cl. The second-order valence-corrected chi connectivity index (χ2v) is 31.2. The van der Waals surface area contributed by atoms with Crippen LogP contribution in [0.25, 0.3) is 22.3 Å². The maximum Gasteiger partial charge on any atom is -0.147 e. The molecule has 0 amide bonds. The summed E-state index contributed by atoms with van der Waals surface area (Å²) in [5.41, 5.74) is 18.3. The Labute approximate surface area is 387 Å². The second kappa shape index (κ2) is 15.7. The van der Waals surface area contributed by atoms with Crippen molar-refractivity contribution in [1.82, 2.24) is 0 Å². The van der Waals surface area contributed by atoms with E-state index in [1.165, 1.54) is 72.4 Å². The van der Waals surface area contributed by atoms with Crippen LogP contribution < -0.4 is 0 Å². The van der Waals surface area contributed by atoms with Gasteiger partial charge in [-0.3, -0.25) is 0 Å². The van der Waals surface area contributed by atoms with Gasteiger partial charge in [0.2, 0.25) is 0 Å². The summed E-state index contributed by atoms with van der Waals surface area (Å²) in [5, 5.41) is 1.53. The van der Waals surface area contributed by atoms with Gasteiger partial charge >= 0.3 is 366 Å². The molecule has 316 valence electrons. The molecule has 1 atom stereocenters. The van der Waals surface area contributed by atoms with Gasteiger partial charge in [0.1, 0.15) is 0 Å². The Kier molecular flexibility index (Phi) is 12.3. The molecule has 0 spiro atoms. The average Bonchev–Trinajstić information content (AvgIpc) is 3.82. The summed E-state index contributed by atoms with van der Waals surface area (Å²) in [6.45, 7) is 33.8. The van der Waals surface area contributed by atoms with E-state index < -0.39 is 19.3 Å². The van der Waals surface area contributed by atoms with Crippen LogP contribution in [0.15, 0.2) is 103 Å². The third-order valence-electron chi connectivity index (χ3n) is 13.5. The molecule has 0 fully saturated rings. The summed E-state index contributed by atoms with van der Waals surface area (Å²) in [7, 11) is 0. The molecule has 4 aliphatic rings. The van der Waals surface area contributed by atoms with Gasteiger partial charge in [0, 0.05) is 0 Å². The number of hydrogen-bond acceptors (Lipinski definition) is 0. The summed E-state index contributed by atoms with van der Waals surface area (Å²) >= 11 is 9.00. The van der Waals surface area contributed by atoms with Crippen molar-refractivity contribution in [3.63, 3.8) is 0 Å². The minimum atomic E-state index is -4.15. The Balaban J connectivity index is 0.00000302. The molecule has 0 N–H and O–H groups in total. The van der Waals surface area contributed by atoms with Crippen molar-refractivity contribution in [2.24, 2.45) is 22.2 Å². The number of halogens is 4. The molecule has 0 heterocycles. The maximum absolute atomic E-state index is 6.57. The van der Waals surface area contributed by atoms with Crippen LogP contribution >= 0.6 is 48.0 Å². The topological polar surface area (TPSA) is 0 Å². The second-order valence-electron chi connectivity index (χ2n) is 22.0. The van der Waals surface area contributed by atoms with E-state index >= 15 is 0 Å². The Hall–Kier alpha value is -2.38. The van der Waals surface area contributed by atoms with Crippen LogP contribution in [0.3, 0.4) is 0 Å². The quantitative estimate of drug-likeness (QED) is 0.168. The predicted molar refractivity (Wildman–Crippen MR) is 267 cm³/mol. The molecule has 0 radical (unpaired) electrons. The van der Waals surface area contributed by atoms with Crippen LogP contribution in [0, 0.1) is 22.2 Å². The van der Waals surface area contributed by atoms with Crippen molar-refractivity contribution in [3.05, 3.63) is 158 Å². The van der Waals surface area contributed by atoms with Crippen LogP contribution in [-0.2, 0) is 36.5 Å². The average molecular weight is 958 g/mol. The molecule has 5 heteroatoms. The third kappa shape index (κ3) is 7.93. The van der Waals surface area contributed by atoms with Crippen molar-refractivity contribution in [1.29, 1.82) is 0 Å². The molecule has 0 aliphatic heterocycles. The summed E-state index contributed by atoms with van der Waals surface area (Å²) in [6.07, 6.45) is 8.70. The van der Waals surface area contributed by atoms with Gasteiger partial charge < -0.3 is 0 Å². The van der Waals surface area contributed by atoms with Crippen LogP contribution in [-0.4, -0.2) is 7.42 Å². The van der Waals surface area contributed by atoms with Crippen LogP contribution in [0.4, 0.5) is 0 Å². The summed E-state index contributed by atoms with van der Waals surface area (Å²) in [5.74, 6) is 0.304. The summed E-state index contributed by atoms with van der Waals surface area (Å²) in [4.78, 5) is 0. The maximum atomic E-state index is 6.57. The van der Waals surface area contributed by atoms with Crippen molar-refractivity contribution in [3.8, 4) is 11.1 Å². The molecular formula is C55H64Cl4Zr. The standard InChI is InChI=1S/C31H37.C10H15.2C7H5Cl.2ClH.Zr/c1-28(2,3)26-16-30(7,8)24-12-18-11-19-13-25-23(15-21(19)20(18)14-22(24)26)27(29(4,5)6)17-31(25,9)10;1-8-5-6-9(7-8)10(2,3)4;2*1-6-2-4-7(8)5-3-6;;;/h12-16H,11H2,1-10H3;6-8H,1-4H3;2*1-5H;2*1H;. The smallest absolute Gasteiger partial charge is 0.147 e. The van der Waals surface area contributed by atoms with Crippen molar-refractivity contribution >= 4 is 66.6 Å². The minimum Gasteiger partial charge on any atom is -0.147 e. The van der Waals surface area contributed by atoms with Gasteiger partial charge in [0.05, 0.1) is 0 Å². The van der Waals surface area contributed by atoms with Gasteiger partial charge in [-0.1, -0.05) is 0 Å². The van der Waals surface area contributed by atoms with E-state index in [4.69, 9.17) is 23.2 Å². The van der Waals surface area contributed by atoms with Gasteiger partial charge in [-0.2, -0.15) is 0 Å². The molecule has 0 saturated carbocycles. The molecule has 0 saturated heterocycles. The number of fused-ring (bicyclic) bond motifs is 5.